The first-order valence-corrected chi connectivity index (χ1v) is 5.92. The van der Waals surface area contributed by atoms with E-state index in [1.807, 2.05) is 48.3 Å². The Morgan fingerprint density at radius 3 is 2.33 bits per heavy atom. The van der Waals surface area contributed by atoms with Crippen LogP contribution in [0.3, 0.4) is 0 Å². The lowest BCUT2D eigenvalue weighted by Crippen LogP contribution is -2.09. The van der Waals surface area contributed by atoms with Gasteiger partial charge in [0.15, 0.2) is 0 Å². The summed E-state index contributed by atoms with van der Waals surface area (Å²) in [5, 5.41) is 0.633. The maximum atomic E-state index is 6.19. The highest BCUT2D eigenvalue weighted by molar-refractivity contribution is 6.33. The van der Waals surface area contributed by atoms with Crippen molar-refractivity contribution in [1.29, 1.82) is 0 Å². The lowest BCUT2D eigenvalue weighted by molar-refractivity contribution is 0.415. The predicted octanol–water partition coefficient (Wildman–Crippen LogP) is 3.70. The first kappa shape index (κ1) is 12.6. The molecule has 0 aliphatic heterocycles. The number of nitrogens with zero attached hydrogens (tertiary/aromatic N) is 1. The van der Waals surface area contributed by atoms with Gasteiger partial charge in [-0.15, -0.1) is 0 Å². The van der Waals surface area contributed by atoms with Gasteiger partial charge in [0.25, 0.3) is 0 Å². The molecule has 0 aliphatic carbocycles. The van der Waals surface area contributed by atoms with Crippen LogP contribution in [0.25, 0.3) is 0 Å². The molecule has 0 aromatic heterocycles. The fourth-order valence-corrected chi connectivity index (χ4v) is 2.06. The van der Waals surface area contributed by atoms with Crippen molar-refractivity contribution in [3.8, 4) is 5.75 Å². The Hall–Kier alpha value is -1.87. The zero-order valence-electron chi connectivity index (χ0n) is 10.4. The normalized spacial score (nSPS) is 10.2. The molecule has 94 valence electrons. The molecule has 0 saturated heterocycles. The second kappa shape index (κ2) is 5.19. The highest BCUT2D eigenvalue weighted by atomic mass is 35.5. The lowest BCUT2D eigenvalue weighted by atomic mass is 10.2. The highest BCUT2D eigenvalue weighted by Gasteiger charge is 2.08. The molecule has 0 amide bonds. The molecule has 2 rings (SSSR count). The van der Waals surface area contributed by atoms with Gasteiger partial charge in [-0.3, -0.25) is 0 Å². The van der Waals surface area contributed by atoms with E-state index in [1.165, 1.54) is 0 Å². The molecule has 0 unspecified atom stereocenters. The lowest BCUT2D eigenvalue weighted by Gasteiger charge is -2.21. The fourth-order valence-electron chi connectivity index (χ4n) is 1.74. The third-order valence-corrected chi connectivity index (χ3v) is 3.10. The van der Waals surface area contributed by atoms with Crippen LogP contribution >= 0.6 is 11.6 Å². The minimum absolute atomic E-state index is 0.633. The summed E-state index contributed by atoms with van der Waals surface area (Å²) in [5.41, 5.74) is 8.29. The molecule has 0 fully saturated rings. The van der Waals surface area contributed by atoms with Gasteiger partial charge in [0, 0.05) is 18.4 Å². The van der Waals surface area contributed by atoms with Gasteiger partial charge in [-0.05, 0) is 42.5 Å². The number of hydrogen-bond donors (Lipinski definition) is 1. The van der Waals surface area contributed by atoms with Crippen molar-refractivity contribution in [1.82, 2.24) is 0 Å². The number of halogens is 1. The summed E-state index contributed by atoms with van der Waals surface area (Å²) >= 11 is 6.19. The number of nitrogens with two attached hydrogens (primary N) is 1. The van der Waals surface area contributed by atoms with Gasteiger partial charge in [0.05, 0.1) is 17.8 Å². The largest absolute Gasteiger partial charge is 0.497 e. The number of benzene rings is 2. The molecule has 18 heavy (non-hydrogen) atoms. The maximum Gasteiger partial charge on any atom is 0.119 e. The van der Waals surface area contributed by atoms with Crippen molar-refractivity contribution in [3.05, 3.63) is 47.5 Å². The molecule has 0 saturated carbocycles. The molecule has 0 spiro atoms. The molecule has 0 atom stereocenters. The van der Waals surface area contributed by atoms with Crippen LogP contribution in [0.1, 0.15) is 0 Å². The molecule has 0 bridgehead atoms. The van der Waals surface area contributed by atoms with Gasteiger partial charge < -0.3 is 15.4 Å². The summed E-state index contributed by atoms with van der Waals surface area (Å²) < 4.78 is 5.13. The predicted molar refractivity (Wildman–Crippen MR) is 76.9 cm³/mol. The topological polar surface area (TPSA) is 38.5 Å². The summed E-state index contributed by atoms with van der Waals surface area (Å²) in [5.74, 6) is 0.829. The minimum atomic E-state index is 0.633. The number of hydrogen-bond acceptors (Lipinski definition) is 3. The summed E-state index contributed by atoms with van der Waals surface area (Å²) in [7, 11) is 3.61. The first-order chi connectivity index (χ1) is 8.61. The van der Waals surface area contributed by atoms with Crippen LogP contribution in [0.4, 0.5) is 17.1 Å². The van der Waals surface area contributed by atoms with Crippen LogP contribution in [0.2, 0.25) is 5.02 Å². The van der Waals surface area contributed by atoms with E-state index in [4.69, 9.17) is 22.1 Å². The Morgan fingerprint density at radius 2 is 1.78 bits per heavy atom. The van der Waals surface area contributed by atoms with Crippen molar-refractivity contribution in [2.24, 2.45) is 0 Å². The van der Waals surface area contributed by atoms with Gasteiger partial charge >= 0.3 is 0 Å². The monoisotopic (exact) mass is 262 g/mol. The zero-order valence-corrected chi connectivity index (χ0v) is 11.1. The van der Waals surface area contributed by atoms with E-state index in [0.29, 0.717) is 10.7 Å². The Morgan fingerprint density at radius 1 is 1.11 bits per heavy atom. The van der Waals surface area contributed by atoms with Crippen molar-refractivity contribution in [3.63, 3.8) is 0 Å². The van der Waals surface area contributed by atoms with E-state index in [1.54, 1.807) is 13.2 Å². The molecule has 0 radical (unpaired) electrons. The third-order valence-electron chi connectivity index (χ3n) is 2.79. The number of nitrogen functional groups attached to an aromatic ring is 1. The molecule has 2 N–H and O–H groups in total. The van der Waals surface area contributed by atoms with Crippen LogP contribution in [-0.4, -0.2) is 14.2 Å². The van der Waals surface area contributed by atoms with E-state index in [0.717, 1.165) is 17.1 Å². The second-order valence-electron chi connectivity index (χ2n) is 3.97. The van der Waals surface area contributed by atoms with Crippen molar-refractivity contribution < 1.29 is 4.74 Å². The van der Waals surface area contributed by atoms with Crippen LogP contribution in [0, 0.1) is 0 Å². The highest BCUT2D eigenvalue weighted by Crippen LogP contribution is 2.32. The maximum absolute atomic E-state index is 6.19. The van der Waals surface area contributed by atoms with E-state index >= 15 is 0 Å². The average Bonchev–Trinajstić information content (AvgIpc) is 2.38. The fraction of sp³-hybridized carbons (Fsp3) is 0.143. The molecule has 2 aromatic rings. The molecule has 3 nitrogen and oxygen atoms in total. The summed E-state index contributed by atoms with van der Waals surface area (Å²) in [6.07, 6.45) is 0. The summed E-state index contributed by atoms with van der Waals surface area (Å²) in [6, 6.07) is 13.3. The summed E-state index contributed by atoms with van der Waals surface area (Å²) in [4.78, 5) is 2.00. The average molecular weight is 263 g/mol. The van der Waals surface area contributed by atoms with E-state index in [2.05, 4.69) is 0 Å². The molecular weight excluding hydrogens is 248 g/mol. The van der Waals surface area contributed by atoms with Gasteiger partial charge in [-0.25, -0.2) is 0 Å². The van der Waals surface area contributed by atoms with Gasteiger partial charge in [-0.2, -0.15) is 0 Å². The van der Waals surface area contributed by atoms with Gasteiger partial charge in [0.2, 0.25) is 0 Å². The van der Waals surface area contributed by atoms with Gasteiger partial charge in [0.1, 0.15) is 5.75 Å². The minimum Gasteiger partial charge on any atom is -0.497 e. The number of anilines is 3. The quantitative estimate of drug-likeness (QED) is 0.858. The zero-order chi connectivity index (χ0) is 13.1. The standard InChI is InChI=1S/C14H15ClN2O/c1-17(11-4-6-12(18-2)7-5-11)14-8-3-10(16)9-13(14)15/h3-9H,16H2,1-2H3. The smallest absolute Gasteiger partial charge is 0.119 e. The molecule has 2 aromatic carbocycles. The van der Waals surface area contributed by atoms with Crippen molar-refractivity contribution >= 4 is 28.7 Å². The Kier molecular flexibility index (Phi) is 3.63. The Balaban J connectivity index is 2.31. The molecule has 4 heteroatoms. The third kappa shape index (κ3) is 2.51. The van der Waals surface area contributed by atoms with E-state index in [-0.39, 0.29) is 0 Å². The van der Waals surface area contributed by atoms with Crippen LogP contribution in [-0.2, 0) is 0 Å². The van der Waals surface area contributed by atoms with Crippen LogP contribution < -0.4 is 15.4 Å². The van der Waals surface area contributed by atoms with Crippen LogP contribution in [0.15, 0.2) is 42.5 Å². The SMILES string of the molecule is COc1ccc(N(C)c2ccc(N)cc2Cl)cc1. The van der Waals surface area contributed by atoms with Crippen LogP contribution in [0.5, 0.6) is 5.75 Å². The Bertz CT molecular complexity index is 540. The number of ether oxygens (including phenoxy) is 1. The molecular formula is C14H15ClN2O. The summed E-state index contributed by atoms with van der Waals surface area (Å²) in [6.45, 7) is 0. The molecule has 0 heterocycles. The van der Waals surface area contributed by atoms with Gasteiger partial charge in [-0.1, -0.05) is 11.6 Å². The van der Waals surface area contributed by atoms with E-state index < -0.39 is 0 Å². The van der Waals surface area contributed by atoms with Crippen molar-refractivity contribution in [2.45, 2.75) is 0 Å². The van der Waals surface area contributed by atoms with E-state index in [9.17, 15) is 0 Å². The first-order valence-electron chi connectivity index (χ1n) is 5.54. The second-order valence-corrected chi connectivity index (χ2v) is 4.38. The molecule has 0 aliphatic rings. The number of rotatable bonds is 3. The number of methoxy groups -OCH3 is 1. The Labute approximate surface area is 112 Å². The van der Waals surface area contributed by atoms with Crippen molar-refractivity contribution in [2.75, 3.05) is 24.8 Å².